The van der Waals surface area contributed by atoms with Gasteiger partial charge in [0.2, 0.25) is 0 Å². The fourth-order valence-corrected chi connectivity index (χ4v) is 0. The van der Waals surface area contributed by atoms with E-state index in [4.69, 9.17) is 23.4 Å². The maximum Gasteiger partial charge on any atom is 0.0246 e. The lowest BCUT2D eigenvalue weighted by Gasteiger charge is -1.88. The molecule has 0 aromatic rings. The molecule has 1 nitrogen and oxygen atoms in total. The van der Waals surface area contributed by atoms with Gasteiger partial charge in [-0.2, -0.15) is 0 Å². The van der Waals surface area contributed by atoms with Crippen molar-refractivity contribution < 1.29 is 0 Å². The van der Waals surface area contributed by atoms with Crippen LogP contribution in [0.1, 0.15) is 13.8 Å². The molecule has 0 N–H and O–H groups in total. The lowest BCUT2D eigenvalue weighted by atomic mass is 10.3. The Kier molecular flexibility index (Phi) is 21.3. The number of halogens is 3. The highest BCUT2D eigenvalue weighted by atomic mass is 35.5. The zero-order valence-electron chi connectivity index (χ0n) is 6.90. The van der Waals surface area contributed by atoms with E-state index in [2.05, 4.69) is 13.8 Å². The Bertz CT molecular complexity index is 45.5. The normalized spacial score (nSPS) is 8.40. The van der Waals surface area contributed by atoms with Crippen LogP contribution in [0, 0.1) is 5.92 Å². The molecule has 0 rings (SSSR count). The van der Waals surface area contributed by atoms with Gasteiger partial charge in [0.15, 0.2) is 0 Å². The SMILES string of the molecule is CC(C)CCl.CN(C)Cl.Cl. The summed E-state index contributed by atoms with van der Waals surface area (Å²) in [5.41, 5.74) is 0. The molecule has 0 atom stereocenters. The molecule has 0 saturated heterocycles. The van der Waals surface area contributed by atoms with Crippen LogP contribution in [-0.4, -0.2) is 24.4 Å². The van der Waals surface area contributed by atoms with Crippen molar-refractivity contribution >= 4 is 35.8 Å². The fraction of sp³-hybridized carbons (Fsp3) is 1.00. The van der Waals surface area contributed by atoms with Crippen LogP contribution >= 0.6 is 35.8 Å². The number of rotatable bonds is 1. The number of nitrogens with zero attached hydrogens (tertiary/aromatic N) is 1. The standard InChI is InChI=1S/C4H9Cl.C2H6ClN.ClH/c1-4(2)3-5;1-4(2)3;/h4H,3H2,1-2H3;1-2H3;1H. The minimum Gasteiger partial charge on any atom is -0.226 e. The van der Waals surface area contributed by atoms with Gasteiger partial charge in [0.25, 0.3) is 0 Å². The number of alkyl halides is 1. The molecule has 0 aromatic heterocycles. The topological polar surface area (TPSA) is 3.24 Å². The highest BCUT2D eigenvalue weighted by Gasteiger charge is 1.82. The lowest BCUT2D eigenvalue weighted by molar-refractivity contribution is 0.681. The van der Waals surface area contributed by atoms with Gasteiger partial charge in [-0.05, 0) is 17.7 Å². The number of hydrogen-bond acceptors (Lipinski definition) is 1. The van der Waals surface area contributed by atoms with Gasteiger partial charge in [-0.15, -0.1) is 24.0 Å². The highest BCUT2D eigenvalue weighted by molar-refractivity contribution is 6.18. The molecule has 0 unspecified atom stereocenters. The van der Waals surface area contributed by atoms with Crippen LogP contribution in [0.15, 0.2) is 0 Å². The summed E-state index contributed by atoms with van der Waals surface area (Å²) in [5.74, 6) is 1.43. The summed E-state index contributed by atoms with van der Waals surface area (Å²) in [7, 11) is 3.53. The molecule has 0 fully saturated rings. The minimum absolute atomic E-state index is 0. The average Bonchev–Trinajstić information content (AvgIpc) is 1.65. The van der Waals surface area contributed by atoms with Crippen molar-refractivity contribution in [1.82, 2.24) is 4.42 Å². The van der Waals surface area contributed by atoms with E-state index in [1.807, 2.05) is 0 Å². The van der Waals surface area contributed by atoms with Gasteiger partial charge in [-0.3, -0.25) is 0 Å². The smallest absolute Gasteiger partial charge is 0.0246 e. The first-order valence-corrected chi connectivity index (χ1v) is 3.77. The second kappa shape index (κ2) is 12.5. The fourth-order valence-electron chi connectivity index (χ4n) is 0. The highest BCUT2D eigenvalue weighted by Crippen LogP contribution is 1.91. The van der Waals surface area contributed by atoms with Crippen LogP contribution in [0.25, 0.3) is 0 Å². The first-order chi connectivity index (χ1) is 4.00. The van der Waals surface area contributed by atoms with Crippen molar-refractivity contribution in [3.8, 4) is 0 Å². The second-order valence-corrected chi connectivity index (χ2v) is 3.32. The molecule has 0 aromatic carbocycles. The molecular formula is C6H16Cl3N. The number of hydrogen-bond donors (Lipinski definition) is 0. The molecule has 10 heavy (non-hydrogen) atoms. The van der Waals surface area contributed by atoms with Crippen LogP contribution in [0.3, 0.4) is 0 Å². The maximum atomic E-state index is 5.34. The van der Waals surface area contributed by atoms with Crippen molar-refractivity contribution in [3.63, 3.8) is 0 Å². The molecule has 0 spiro atoms. The third kappa shape index (κ3) is 67.6. The van der Waals surface area contributed by atoms with Crippen LogP contribution < -0.4 is 0 Å². The van der Waals surface area contributed by atoms with E-state index in [-0.39, 0.29) is 12.4 Å². The molecule has 0 bridgehead atoms. The van der Waals surface area contributed by atoms with Gasteiger partial charge >= 0.3 is 0 Å². The van der Waals surface area contributed by atoms with Crippen molar-refractivity contribution in [2.75, 3.05) is 20.0 Å². The van der Waals surface area contributed by atoms with Crippen LogP contribution in [0.4, 0.5) is 0 Å². The van der Waals surface area contributed by atoms with Gasteiger partial charge in [0.05, 0.1) is 0 Å². The van der Waals surface area contributed by atoms with Crippen molar-refractivity contribution in [2.24, 2.45) is 5.92 Å². The minimum atomic E-state index is 0. The van der Waals surface area contributed by atoms with E-state index in [1.54, 1.807) is 14.1 Å². The molecule has 0 radical (unpaired) electrons. The largest absolute Gasteiger partial charge is 0.226 e. The Labute approximate surface area is 80.2 Å². The molecule has 4 heteroatoms. The Morgan fingerprint density at radius 2 is 1.40 bits per heavy atom. The van der Waals surface area contributed by atoms with Crippen molar-refractivity contribution in [3.05, 3.63) is 0 Å². The van der Waals surface area contributed by atoms with Gasteiger partial charge in [0.1, 0.15) is 0 Å². The summed E-state index contributed by atoms with van der Waals surface area (Å²) in [6, 6.07) is 0. The third-order valence-electron chi connectivity index (χ3n) is 0.309. The van der Waals surface area contributed by atoms with Gasteiger partial charge < -0.3 is 0 Å². The van der Waals surface area contributed by atoms with Crippen LogP contribution in [0.2, 0.25) is 0 Å². The molecular weight excluding hydrogens is 192 g/mol. The predicted molar refractivity (Wildman–Crippen MR) is 52.3 cm³/mol. The van der Waals surface area contributed by atoms with Crippen LogP contribution in [-0.2, 0) is 0 Å². The van der Waals surface area contributed by atoms with E-state index >= 15 is 0 Å². The summed E-state index contributed by atoms with van der Waals surface area (Å²) >= 11 is 10.4. The summed E-state index contributed by atoms with van der Waals surface area (Å²) in [6.07, 6.45) is 0. The molecule has 0 heterocycles. The van der Waals surface area contributed by atoms with Crippen molar-refractivity contribution in [2.45, 2.75) is 13.8 Å². The zero-order valence-corrected chi connectivity index (χ0v) is 9.22. The van der Waals surface area contributed by atoms with E-state index in [1.165, 1.54) is 4.42 Å². The first kappa shape index (κ1) is 17.1. The molecule has 0 saturated carbocycles. The summed E-state index contributed by atoms with van der Waals surface area (Å²) < 4.78 is 1.47. The van der Waals surface area contributed by atoms with Crippen LogP contribution in [0.5, 0.6) is 0 Å². The average molecular weight is 209 g/mol. The Morgan fingerprint density at radius 1 is 1.30 bits per heavy atom. The van der Waals surface area contributed by atoms with E-state index in [0.717, 1.165) is 5.88 Å². The molecule has 0 aliphatic rings. The monoisotopic (exact) mass is 207 g/mol. The Balaban J connectivity index is -0.0000000910. The molecule has 66 valence electrons. The van der Waals surface area contributed by atoms with E-state index < -0.39 is 0 Å². The lowest BCUT2D eigenvalue weighted by Crippen LogP contribution is -1.89. The Morgan fingerprint density at radius 3 is 1.40 bits per heavy atom. The second-order valence-electron chi connectivity index (χ2n) is 2.33. The van der Waals surface area contributed by atoms with Crippen molar-refractivity contribution in [1.29, 1.82) is 0 Å². The predicted octanol–water partition coefficient (Wildman–Crippen LogP) is 3.00. The third-order valence-corrected chi connectivity index (χ3v) is 0.926. The van der Waals surface area contributed by atoms with E-state index in [9.17, 15) is 0 Å². The van der Waals surface area contributed by atoms with Gasteiger partial charge in [0, 0.05) is 20.0 Å². The first-order valence-electron chi connectivity index (χ1n) is 2.89. The zero-order chi connectivity index (χ0) is 7.86. The molecule has 0 aliphatic carbocycles. The van der Waals surface area contributed by atoms with E-state index in [0.29, 0.717) is 5.92 Å². The Hall–Kier alpha value is 0.830. The molecule has 0 amide bonds. The quantitative estimate of drug-likeness (QED) is 0.473. The maximum absolute atomic E-state index is 5.34. The summed E-state index contributed by atoms with van der Waals surface area (Å²) in [5, 5.41) is 0. The molecule has 0 aliphatic heterocycles. The summed E-state index contributed by atoms with van der Waals surface area (Å²) in [6.45, 7) is 4.18. The van der Waals surface area contributed by atoms with Gasteiger partial charge in [-0.1, -0.05) is 13.8 Å². The summed E-state index contributed by atoms with van der Waals surface area (Å²) in [4.78, 5) is 0. The van der Waals surface area contributed by atoms with Gasteiger partial charge in [-0.25, -0.2) is 4.42 Å².